The molecule has 1 aromatic carbocycles. The van der Waals surface area contributed by atoms with Gasteiger partial charge in [-0.05, 0) is 12.0 Å². The summed E-state index contributed by atoms with van der Waals surface area (Å²) in [5.74, 6) is -1.60. The van der Waals surface area contributed by atoms with Crippen LogP contribution in [0.4, 0.5) is 0 Å². The minimum Gasteiger partial charge on any atom is -0.480 e. The molecule has 146 valence electrons. The zero-order valence-electron chi connectivity index (χ0n) is 14.5. The molecule has 0 saturated carbocycles. The van der Waals surface area contributed by atoms with Crippen molar-refractivity contribution in [3.8, 4) is 0 Å². The lowest BCUT2D eigenvalue weighted by molar-refractivity contribution is -0.143. The van der Waals surface area contributed by atoms with Gasteiger partial charge in [-0.25, -0.2) is 13.2 Å². The second kappa shape index (κ2) is 8.41. The summed E-state index contributed by atoms with van der Waals surface area (Å²) in [7, 11) is -3.09. The second-order valence-electron chi connectivity index (χ2n) is 6.40. The molecule has 0 bridgehead atoms. The zero-order chi connectivity index (χ0) is 19.4. The molecule has 1 amide bonds. The zero-order valence-corrected chi connectivity index (χ0v) is 16.1. The number of amidine groups is 1. The summed E-state index contributed by atoms with van der Waals surface area (Å²) in [6.45, 7) is -0.433. The minimum absolute atomic E-state index is 0.0577. The van der Waals surface area contributed by atoms with Crippen LogP contribution in [0.5, 0.6) is 0 Å². The number of carboxylic acid groups (broad SMARTS) is 1. The van der Waals surface area contributed by atoms with Crippen molar-refractivity contribution < 1.29 is 27.9 Å². The molecular formula is C17H20N2O6S2. The largest absolute Gasteiger partial charge is 0.480 e. The Labute approximate surface area is 161 Å². The number of rotatable bonds is 7. The molecule has 2 aliphatic rings. The SMILES string of the molecule is O=C(O)COCC(=O)N=C1S[C@H]2CS(=O)(=O)C[C@H]2N1CCc1ccccc1. The van der Waals surface area contributed by atoms with Crippen LogP contribution in [0.25, 0.3) is 0 Å². The molecule has 10 heteroatoms. The molecule has 3 rings (SSSR count). The van der Waals surface area contributed by atoms with E-state index in [0.717, 1.165) is 5.56 Å². The van der Waals surface area contributed by atoms with E-state index < -0.39 is 34.9 Å². The van der Waals surface area contributed by atoms with Gasteiger partial charge in [-0.3, -0.25) is 4.79 Å². The Kier molecular flexibility index (Phi) is 6.18. The Hall–Kier alpha value is -1.91. The third-order valence-corrected chi connectivity index (χ3v) is 7.58. The molecule has 2 heterocycles. The van der Waals surface area contributed by atoms with Crippen LogP contribution in [-0.4, -0.2) is 78.0 Å². The summed E-state index contributed by atoms with van der Waals surface area (Å²) in [5, 5.41) is 8.89. The summed E-state index contributed by atoms with van der Waals surface area (Å²) in [6.07, 6.45) is 0.702. The number of carbonyl (C=O) groups excluding carboxylic acids is 1. The van der Waals surface area contributed by atoms with Gasteiger partial charge in [-0.15, -0.1) is 0 Å². The smallest absolute Gasteiger partial charge is 0.329 e. The summed E-state index contributed by atoms with van der Waals surface area (Å²) in [4.78, 5) is 28.4. The van der Waals surface area contributed by atoms with Gasteiger partial charge in [-0.1, -0.05) is 42.1 Å². The maximum absolute atomic E-state index is 12.0. The highest BCUT2D eigenvalue weighted by Gasteiger charge is 2.48. The van der Waals surface area contributed by atoms with Gasteiger partial charge in [0.2, 0.25) is 0 Å². The van der Waals surface area contributed by atoms with E-state index in [1.807, 2.05) is 35.2 Å². The van der Waals surface area contributed by atoms with Crippen LogP contribution in [0.1, 0.15) is 5.56 Å². The van der Waals surface area contributed by atoms with Crippen LogP contribution in [0.3, 0.4) is 0 Å². The molecule has 0 aliphatic carbocycles. The highest BCUT2D eigenvalue weighted by Crippen LogP contribution is 2.38. The number of amides is 1. The lowest BCUT2D eigenvalue weighted by Crippen LogP contribution is -2.39. The van der Waals surface area contributed by atoms with E-state index in [1.54, 1.807) is 0 Å². The summed E-state index contributed by atoms with van der Waals surface area (Å²) >= 11 is 1.30. The van der Waals surface area contributed by atoms with Crippen molar-refractivity contribution in [3.63, 3.8) is 0 Å². The number of benzene rings is 1. The first-order chi connectivity index (χ1) is 12.8. The van der Waals surface area contributed by atoms with E-state index in [2.05, 4.69) is 4.99 Å². The van der Waals surface area contributed by atoms with Gasteiger partial charge in [0.25, 0.3) is 5.91 Å². The third-order valence-electron chi connectivity index (χ3n) is 4.33. The van der Waals surface area contributed by atoms with Gasteiger partial charge in [0, 0.05) is 11.8 Å². The topological polar surface area (TPSA) is 113 Å². The molecule has 1 N–H and O–H groups in total. The van der Waals surface area contributed by atoms with Crippen molar-refractivity contribution in [2.45, 2.75) is 17.7 Å². The third kappa shape index (κ3) is 5.30. The number of ether oxygens (including phenoxy) is 1. The Morgan fingerprint density at radius 2 is 1.96 bits per heavy atom. The van der Waals surface area contributed by atoms with Crippen LogP contribution in [-0.2, 0) is 30.6 Å². The number of hydrogen-bond acceptors (Lipinski definition) is 6. The molecule has 27 heavy (non-hydrogen) atoms. The highest BCUT2D eigenvalue weighted by molar-refractivity contribution is 8.15. The lowest BCUT2D eigenvalue weighted by atomic mass is 10.1. The van der Waals surface area contributed by atoms with Crippen molar-refractivity contribution in [1.29, 1.82) is 0 Å². The number of hydrogen-bond donors (Lipinski definition) is 1. The molecule has 0 spiro atoms. The van der Waals surface area contributed by atoms with E-state index in [1.165, 1.54) is 11.8 Å². The van der Waals surface area contributed by atoms with Gasteiger partial charge in [-0.2, -0.15) is 4.99 Å². The fraction of sp³-hybridized carbons (Fsp3) is 0.471. The monoisotopic (exact) mass is 412 g/mol. The first-order valence-electron chi connectivity index (χ1n) is 8.43. The van der Waals surface area contributed by atoms with Crippen molar-refractivity contribution in [3.05, 3.63) is 35.9 Å². The molecule has 8 nitrogen and oxygen atoms in total. The lowest BCUT2D eigenvalue weighted by Gasteiger charge is -2.24. The number of carboxylic acids is 1. The Morgan fingerprint density at radius 1 is 1.22 bits per heavy atom. The predicted octanol–water partition coefficient (Wildman–Crippen LogP) is 0.427. The van der Waals surface area contributed by atoms with Gasteiger partial charge in [0.05, 0.1) is 17.5 Å². The fourth-order valence-corrected chi connectivity index (χ4v) is 7.15. The molecular weight excluding hydrogens is 392 g/mol. The number of fused-ring (bicyclic) bond motifs is 1. The first kappa shape index (κ1) is 19.8. The normalized spacial score (nSPS) is 24.9. The van der Waals surface area contributed by atoms with E-state index in [0.29, 0.717) is 18.1 Å². The number of thioether (sulfide) groups is 1. The van der Waals surface area contributed by atoms with Crippen LogP contribution in [0.15, 0.2) is 35.3 Å². The highest BCUT2D eigenvalue weighted by atomic mass is 32.2. The van der Waals surface area contributed by atoms with Crippen LogP contribution in [0, 0.1) is 0 Å². The van der Waals surface area contributed by atoms with Gasteiger partial charge < -0.3 is 14.7 Å². The molecule has 2 aliphatic heterocycles. The van der Waals surface area contributed by atoms with E-state index in [4.69, 9.17) is 9.84 Å². The standard InChI is InChI=1S/C17H20N2O6S2/c20-15(8-25-9-16(21)22)18-17-19(7-6-12-4-2-1-3-5-12)13-10-27(23,24)11-14(13)26-17/h1-5,13-14H,6-11H2,(H,21,22)/t13-,14+/m1/s1. The molecule has 0 radical (unpaired) electrons. The molecule has 2 fully saturated rings. The molecule has 0 aromatic heterocycles. The average molecular weight is 412 g/mol. The quantitative estimate of drug-likeness (QED) is 0.686. The molecule has 2 atom stereocenters. The Morgan fingerprint density at radius 3 is 2.67 bits per heavy atom. The van der Waals surface area contributed by atoms with Crippen molar-refractivity contribution in [1.82, 2.24) is 4.90 Å². The average Bonchev–Trinajstić information content (AvgIpc) is 3.04. The van der Waals surface area contributed by atoms with Crippen LogP contribution >= 0.6 is 11.8 Å². The van der Waals surface area contributed by atoms with Gasteiger partial charge in [0.15, 0.2) is 15.0 Å². The molecule has 0 unspecified atom stereocenters. The fourth-order valence-electron chi connectivity index (χ4n) is 3.16. The number of sulfone groups is 1. The van der Waals surface area contributed by atoms with E-state index in [9.17, 15) is 18.0 Å². The predicted molar refractivity (Wildman–Crippen MR) is 102 cm³/mol. The Bertz CT molecular complexity index is 840. The minimum atomic E-state index is -3.09. The summed E-state index contributed by atoms with van der Waals surface area (Å²) < 4.78 is 28.7. The number of aliphatic imine (C=N–C) groups is 1. The van der Waals surface area contributed by atoms with Crippen molar-refractivity contribution in [2.75, 3.05) is 31.3 Å². The number of aliphatic carboxylic acids is 1. The van der Waals surface area contributed by atoms with Crippen molar-refractivity contribution >= 4 is 38.6 Å². The molecule has 2 saturated heterocycles. The Balaban J connectivity index is 1.70. The van der Waals surface area contributed by atoms with Gasteiger partial charge in [0.1, 0.15) is 13.2 Å². The van der Waals surface area contributed by atoms with Crippen LogP contribution < -0.4 is 0 Å². The number of nitrogens with zero attached hydrogens (tertiary/aromatic N) is 2. The second-order valence-corrected chi connectivity index (χ2v) is 9.76. The number of carbonyl (C=O) groups is 2. The van der Waals surface area contributed by atoms with Crippen LogP contribution in [0.2, 0.25) is 0 Å². The maximum Gasteiger partial charge on any atom is 0.329 e. The van der Waals surface area contributed by atoms with Crippen molar-refractivity contribution in [2.24, 2.45) is 4.99 Å². The van der Waals surface area contributed by atoms with Gasteiger partial charge >= 0.3 is 5.97 Å². The summed E-state index contributed by atoms with van der Waals surface area (Å²) in [6, 6.07) is 9.60. The van der Waals surface area contributed by atoms with E-state index in [-0.39, 0.29) is 22.8 Å². The van der Waals surface area contributed by atoms with E-state index >= 15 is 0 Å². The maximum atomic E-state index is 12.0. The summed E-state index contributed by atoms with van der Waals surface area (Å²) in [5.41, 5.74) is 1.11. The first-order valence-corrected chi connectivity index (χ1v) is 11.1. The molecule has 1 aromatic rings.